The number of nitrogens with zero attached hydrogens (tertiary/aromatic N) is 1. The number of aliphatic hydroxyl groups is 2. The Kier molecular flexibility index (Phi) is 10.2. The lowest BCUT2D eigenvalue weighted by atomic mass is 10.1. The molecule has 0 aromatic carbocycles. The van der Waals surface area contributed by atoms with Crippen LogP contribution in [-0.4, -0.2) is 23.4 Å². The van der Waals surface area contributed by atoms with Gasteiger partial charge in [-0.05, 0) is 38.2 Å². The Morgan fingerprint density at radius 1 is 0.800 bits per heavy atom. The molecule has 0 bridgehead atoms. The normalized spacial score (nSPS) is 10.9. The molecule has 0 spiro atoms. The van der Waals surface area contributed by atoms with Gasteiger partial charge < -0.3 is 10.2 Å². The lowest BCUT2D eigenvalue weighted by Gasteiger charge is -2.02. The number of hydrogen-bond donors (Lipinski definition) is 2. The maximum absolute atomic E-state index is 8.74. The van der Waals surface area contributed by atoms with Crippen LogP contribution in [-0.2, 0) is 13.0 Å². The van der Waals surface area contributed by atoms with Gasteiger partial charge in [0, 0.05) is 31.3 Å². The largest absolute Gasteiger partial charge is 0.396 e. The second kappa shape index (κ2) is 11.9. The highest BCUT2D eigenvalue weighted by atomic mass is 16.3. The van der Waals surface area contributed by atoms with Gasteiger partial charge in [-0.1, -0.05) is 19.3 Å². The lowest BCUT2D eigenvalue weighted by molar-refractivity contribution is -0.697. The third-order valence-electron chi connectivity index (χ3n) is 3.62. The third-order valence-corrected chi connectivity index (χ3v) is 3.62. The van der Waals surface area contributed by atoms with Crippen molar-refractivity contribution in [3.05, 3.63) is 30.1 Å². The van der Waals surface area contributed by atoms with Crippen LogP contribution in [0.4, 0.5) is 0 Å². The number of aryl methyl sites for hydroxylation is 2. The topological polar surface area (TPSA) is 44.3 Å². The highest BCUT2D eigenvalue weighted by Crippen LogP contribution is 2.06. The van der Waals surface area contributed by atoms with Crippen LogP contribution in [0.25, 0.3) is 0 Å². The van der Waals surface area contributed by atoms with Crippen LogP contribution >= 0.6 is 0 Å². The first-order valence-corrected chi connectivity index (χ1v) is 8.06. The van der Waals surface area contributed by atoms with Crippen LogP contribution in [0, 0.1) is 0 Å². The summed E-state index contributed by atoms with van der Waals surface area (Å²) < 4.78 is 2.28. The van der Waals surface area contributed by atoms with E-state index in [1.807, 2.05) is 0 Å². The van der Waals surface area contributed by atoms with Crippen molar-refractivity contribution >= 4 is 0 Å². The molecule has 0 aliphatic carbocycles. The highest BCUT2D eigenvalue weighted by molar-refractivity contribution is 5.05. The van der Waals surface area contributed by atoms with Crippen LogP contribution in [0.2, 0.25) is 0 Å². The molecule has 1 heterocycles. The summed E-state index contributed by atoms with van der Waals surface area (Å²) in [6.07, 6.45) is 14.5. The average Bonchev–Trinajstić information content (AvgIpc) is 2.47. The van der Waals surface area contributed by atoms with Gasteiger partial charge in [0.15, 0.2) is 12.4 Å². The van der Waals surface area contributed by atoms with E-state index in [9.17, 15) is 0 Å². The molecule has 3 heteroatoms. The standard InChI is InChI=1S/C17H30NO2/c19-14-7-3-1-5-10-17-11-9-13-18(16-17)12-6-2-4-8-15-20/h9,11,13,16,19-20H,1-8,10,12,14-15H2/q+1. The highest BCUT2D eigenvalue weighted by Gasteiger charge is 2.03. The lowest BCUT2D eigenvalue weighted by Crippen LogP contribution is -2.33. The van der Waals surface area contributed by atoms with E-state index in [4.69, 9.17) is 10.2 Å². The molecule has 0 saturated carbocycles. The van der Waals surface area contributed by atoms with E-state index in [1.165, 1.54) is 31.2 Å². The van der Waals surface area contributed by atoms with Crippen molar-refractivity contribution in [2.45, 2.75) is 64.3 Å². The van der Waals surface area contributed by atoms with Gasteiger partial charge in [0.1, 0.15) is 6.54 Å². The monoisotopic (exact) mass is 280 g/mol. The number of rotatable bonds is 12. The van der Waals surface area contributed by atoms with Crippen molar-refractivity contribution < 1.29 is 14.8 Å². The Labute approximate surface area is 123 Å². The van der Waals surface area contributed by atoms with Gasteiger partial charge in [-0.15, -0.1) is 0 Å². The number of unbranched alkanes of at least 4 members (excludes halogenated alkanes) is 6. The van der Waals surface area contributed by atoms with Crippen molar-refractivity contribution in [1.29, 1.82) is 0 Å². The minimum absolute atomic E-state index is 0.318. The first-order valence-electron chi connectivity index (χ1n) is 8.06. The molecule has 1 aromatic heterocycles. The number of hydrogen-bond acceptors (Lipinski definition) is 2. The summed E-state index contributed by atoms with van der Waals surface area (Å²) in [5.74, 6) is 0. The average molecular weight is 280 g/mol. The summed E-state index contributed by atoms with van der Waals surface area (Å²) >= 11 is 0. The van der Waals surface area contributed by atoms with Crippen LogP contribution < -0.4 is 4.57 Å². The molecule has 0 atom stereocenters. The Morgan fingerprint density at radius 2 is 1.45 bits per heavy atom. The summed E-state index contributed by atoms with van der Waals surface area (Å²) in [6.45, 7) is 1.71. The van der Waals surface area contributed by atoms with E-state index in [2.05, 4.69) is 29.1 Å². The second-order valence-electron chi connectivity index (χ2n) is 5.48. The molecule has 0 aliphatic heterocycles. The number of aliphatic hydroxyl groups excluding tert-OH is 2. The molecule has 0 fully saturated rings. The fourth-order valence-corrected chi connectivity index (χ4v) is 2.42. The Hall–Kier alpha value is -0.930. The van der Waals surface area contributed by atoms with Crippen LogP contribution in [0.3, 0.4) is 0 Å². The van der Waals surface area contributed by atoms with Gasteiger partial charge >= 0.3 is 0 Å². The van der Waals surface area contributed by atoms with Crippen LogP contribution in [0.5, 0.6) is 0 Å². The van der Waals surface area contributed by atoms with Crippen LogP contribution in [0.15, 0.2) is 24.5 Å². The summed E-state index contributed by atoms with van der Waals surface area (Å²) in [6, 6.07) is 4.34. The van der Waals surface area contributed by atoms with E-state index in [1.54, 1.807) is 0 Å². The Balaban J connectivity index is 2.19. The Morgan fingerprint density at radius 3 is 2.15 bits per heavy atom. The van der Waals surface area contributed by atoms with Crippen molar-refractivity contribution in [2.24, 2.45) is 0 Å². The first-order chi connectivity index (χ1) is 9.86. The van der Waals surface area contributed by atoms with Gasteiger partial charge in [-0.25, -0.2) is 4.57 Å². The molecule has 3 nitrogen and oxygen atoms in total. The van der Waals surface area contributed by atoms with E-state index in [0.29, 0.717) is 13.2 Å². The maximum atomic E-state index is 8.74. The Bertz CT molecular complexity index is 312. The smallest absolute Gasteiger partial charge is 0.171 e. The van der Waals surface area contributed by atoms with Gasteiger partial charge in [-0.3, -0.25) is 0 Å². The SMILES string of the molecule is OCCCCCCc1ccc[n+](CCCCCCO)c1. The summed E-state index contributed by atoms with van der Waals surface area (Å²) in [4.78, 5) is 0. The quantitative estimate of drug-likeness (QED) is 0.456. The molecule has 2 N–H and O–H groups in total. The molecule has 0 unspecified atom stereocenters. The minimum Gasteiger partial charge on any atom is -0.396 e. The molecular formula is C17H30NO2+. The minimum atomic E-state index is 0.318. The van der Waals surface area contributed by atoms with Gasteiger partial charge in [-0.2, -0.15) is 0 Å². The summed E-state index contributed by atoms with van der Waals surface area (Å²) in [7, 11) is 0. The van der Waals surface area contributed by atoms with Crippen molar-refractivity contribution in [3.63, 3.8) is 0 Å². The van der Waals surface area contributed by atoms with E-state index in [0.717, 1.165) is 38.6 Å². The van der Waals surface area contributed by atoms with E-state index < -0.39 is 0 Å². The van der Waals surface area contributed by atoms with Crippen molar-refractivity contribution in [1.82, 2.24) is 0 Å². The van der Waals surface area contributed by atoms with E-state index >= 15 is 0 Å². The van der Waals surface area contributed by atoms with Crippen LogP contribution in [0.1, 0.15) is 56.9 Å². The zero-order chi connectivity index (χ0) is 14.5. The first kappa shape index (κ1) is 17.1. The predicted octanol–water partition coefficient (Wildman–Crippen LogP) is 2.62. The van der Waals surface area contributed by atoms with Crippen molar-refractivity contribution in [2.75, 3.05) is 13.2 Å². The molecular weight excluding hydrogens is 250 g/mol. The zero-order valence-electron chi connectivity index (χ0n) is 12.6. The van der Waals surface area contributed by atoms with Gasteiger partial charge in [0.25, 0.3) is 0 Å². The molecule has 0 amide bonds. The predicted molar refractivity (Wildman–Crippen MR) is 81.4 cm³/mol. The summed E-state index contributed by atoms with van der Waals surface area (Å²) in [5.41, 5.74) is 1.41. The van der Waals surface area contributed by atoms with Gasteiger partial charge in [0.2, 0.25) is 0 Å². The van der Waals surface area contributed by atoms with Gasteiger partial charge in [0.05, 0.1) is 0 Å². The molecule has 0 radical (unpaired) electrons. The summed E-state index contributed by atoms with van der Waals surface area (Å²) in [5, 5.41) is 17.5. The molecule has 1 rings (SSSR count). The molecule has 0 saturated heterocycles. The van der Waals surface area contributed by atoms with E-state index in [-0.39, 0.29) is 0 Å². The molecule has 114 valence electrons. The van der Waals surface area contributed by atoms with Crippen molar-refractivity contribution in [3.8, 4) is 0 Å². The fourth-order valence-electron chi connectivity index (χ4n) is 2.42. The maximum Gasteiger partial charge on any atom is 0.171 e. The second-order valence-corrected chi connectivity index (χ2v) is 5.48. The molecule has 1 aromatic rings. The fraction of sp³-hybridized carbons (Fsp3) is 0.706. The molecule has 0 aliphatic rings. The number of aromatic nitrogens is 1. The number of pyridine rings is 1. The zero-order valence-corrected chi connectivity index (χ0v) is 12.6. The molecule has 20 heavy (non-hydrogen) atoms. The third kappa shape index (κ3) is 8.28.